The van der Waals surface area contributed by atoms with Gasteiger partial charge in [-0.1, -0.05) is 291 Å². The molecule has 9 heteroatoms. The zero-order chi connectivity index (χ0) is 85.1. The van der Waals surface area contributed by atoms with Crippen LogP contribution in [0, 0.1) is 0 Å². The van der Waals surface area contributed by atoms with Gasteiger partial charge in [-0.3, -0.25) is 0 Å². The number of anilines is 9. The summed E-state index contributed by atoms with van der Waals surface area (Å²) in [6, 6.07) is 160. The van der Waals surface area contributed by atoms with Crippen molar-refractivity contribution in [2.45, 2.75) is 5.92 Å². The summed E-state index contributed by atoms with van der Waals surface area (Å²) in [5.41, 5.74) is 19.0. The van der Waals surface area contributed by atoms with Crippen molar-refractivity contribution in [2.75, 3.05) is 14.7 Å². The number of hydrogen-bond acceptors (Lipinski definition) is 9. The van der Waals surface area contributed by atoms with Gasteiger partial charge in [0.25, 0.3) is 0 Å². The maximum absolute atomic E-state index is 14.0. The number of nitrogens with zero attached hydrogens (tertiary/aromatic N) is 3. The monoisotopic (exact) mass is 1630 g/mol. The number of carbonyl (C=O) groups excluding carboxylic acids is 3. The van der Waals surface area contributed by atoms with E-state index in [4.69, 9.17) is 14.2 Å². The van der Waals surface area contributed by atoms with Gasteiger partial charge >= 0.3 is 17.9 Å². The van der Waals surface area contributed by atoms with Crippen LogP contribution in [0.2, 0.25) is 0 Å². The SMILES string of the molecule is O=C(Oc1ccc(C(c2ccc(OC(=O)c3ccc(-c4ccc(N(c5ccc6ccccc6c5)c5ccc6ccccc6c5)cc4)cc3)cc2)c2ccc(OC(=O)c3ccc(-c4ccc(N(c5ccc6ccccc6c5)c5ccc6ccccc6c5)cc4)cc3)cc2)cc1)c1ccc(-c2ccc(N(c3ccc4ccccc4c3)c3ccc4ccccc4c3)cc2)cc1. The predicted molar refractivity (Wildman–Crippen MR) is 520 cm³/mol. The van der Waals surface area contributed by atoms with Crippen molar-refractivity contribution < 1.29 is 28.6 Å². The highest BCUT2D eigenvalue weighted by Crippen LogP contribution is 2.44. The number of esters is 3. The van der Waals surface area contributed by atoms with Gasteiger partial charge < -0.3 is 28.9 Å². The molecule has 0 aromatic heterocycles. The van der Waals surface area contributed by atoms with Crippen LogP contribution in [0.1, 0.15) is 53.7 Å². The average Bonchev–Trinajstić information content (AvgIpc) is 0.791. The molecule has 0 saturated heterocycles. The van der Waals surface area contributed by atoms with E-state index in [0.29, 0.717) is 33.9 Å². The topological polar surface area (TPSA) is 88.6 Å². The van der Waals surface area contributed by atoms with E-state index in [0.717, 1.165) is 134 Å². The quantitative estimate of drug-likeness (QED) is 0.0396. The fourth-order valence-electron chi connectivity index (χ4n) is 17.3. The van der Waals surface area contributed by atoms with Crippen molar-refractivity contribution in [3.63, 3.8) is 0 Å². The molecule has 127 heavy (non-hydrogen) atoms. The third-order valence-corrected chi connectivity index (χ3v) is 24.0. The average molecular weight is 1630 g/mol. The highest BCUT2D eigenvalue weighted by molar-refractivity contribution is 5.99. The standard InChI is InChI=1S/C118H79N3O6/c122-116(94-31-25-85(26-32-94)88-37-55-103(56-38-88)119(106-61-43-79-13-1-7-19-97(79)73-106)107-62-44-80-14-2-8-20-98(80)74-107)125-112-67-49-91(50-68-112)115(92-51-69-113(70-52-92)126-117(123)95-33-27-86(28-34-95)89-39-57-104(58-40-89)120(108-63-45-81-15-3-9-21-99(81)75-108)109-64-46-82-16-4-10-22-100(82)76-109)93-53-71-114(72-54-93)127-118(124)96-35-29-87(30-36-96)90-41-59-105(60-42-90)121(110-65-47-83-17-5-11-23-101(83)77-110)111-66-48-84-18-6-12-24-102(84)78-111/h1-78,115H. The first kappa shape index (κ1) is 77.3. The third kappa shape index (κ3) is 16.3. The lowest BCUT2D eigenvalue weighted by atomic mass is 9.85. The summed E-state index contributed by atoms with van der Waals surface area (Å²) in [4.78, 5) is 49.0. The molecular formula is C118H79N3O6. The number of benzene rings is 21. The van der Waals surface area contributed by atoms with E-state index in [1.165, 1.54) is 32.3 Å². The summed E-state index contributed by atoms with van der Waals surface area (Å²) in [5, 5.41) is 14.0. The summed E-state index contributed by atoms with van der Waals surface area (Å²) in [7, 11) is 0. The minimum atomic E-state index is -0.498. The molecule has 0 saturated carbocycles. The fourth-order valence-corrected chi connectivity index (χ4v) is 17.3. The molecule has 21 aromatic carbocycles. The second kappa shape index (κ2) is 34.1. The number of hydrogen-bond donors (Lipinski definition) is 0. The van der Waals surface area contributed by atoms with E-state index >= 15 is 0 Å². The number of carbonyl (C=O) groups is 3. The van der Waals surface area contributed by atoms with Crippen molar-refractivity contribution >= 4 is 134 Å². The largest absolute Gasteiger partial charge is 0.423 e. The van der Waals surface area contributed by atoms with Gasteiger partial charge in [-0.05, 0) is 297 Å². The van der Waals surface area contributed by atoms with E-state index in [1.54, 1.807) is 72.8 Å². The highest BCUT2D eigenvalue weighted by atomic mass is 16.5. The smallest absolute Gasteiger partial charge is 0.343 e. The Kier molecular flexibility index (Phi) is 20.8. The summed E-state index contributed by atoms with van der Waals surface area (Å²) in [5.74, 6) is -0.781. The minimum absolute atomic E-state index is 0.366. The van der Waals surface area contributed by atoms with Crippen molar-refractivity contribution in [3.05, 3.63) is 507 Å². The zero-order valence-electron chi connectivity index (χ0n) is 68.9. The molecule has 0 heterocycles. The Bertz CT molecular complexity index is 6730. The molecule has 0 unspecified atom stereocenters. The van der Waals surface area contributed by atoms with Gasteiger partial charge in [-0.15, -0.1) is 0 Å². The Morgan fingerprint density at radius 1 is 0.165 bits per heavy atom. The molecule has 21 rings (SSSR count). The molecule has 0 fully saturated rings. The van der Waals surface area contributed by atoms with E-state index < -0.39 is 17.9 Å². The van der Waals surface area contributed by atoms with Gasteiger partial charge in [-0.2, -0.15) is 0 Å². The second-order valence-corrected chi connectivity index (χ2v) is 31.9. The first-order valence-corrected chi connectivity index (χ1v) is 42.5. The molecule has 0 bridgehead atoms. The van der Waals surface area contributed by atoms with Gasteiger partial charge in [0.1, 0.15) is 17.2 Å². The maximum atomic E-state index is 14.0. The van der Waals surface area contributed by atoms with Crippen LogP contribution in [0.3, 0.4) is 0 Å². The molecule has 0 radical (unpaired) electrons. The van der Waals surface area contributed by atoms with Crippen molar-refractivity contribution in [1.29, 1.82) is 0 Å². The number of ether oxygens (including phenoxy) is 3. The maximum Gasteiger partial charge on any atom is 0.343 e. The summed E-state index contributed by atoms with van der Waals surface area (Å²) in [6.07, 6.45) is 0. The van der Waals surface area contributed by atoms with Gasteiger partial charge in [-0.25, -0.2) is 14.4 Å². The fraction of sp³-hybridized carbons (Fsp3) is 0.00847. The summed E-state index contributed by atoms with van der Waals surface area (Å²) < 4.78 is 18.3. The Hall–Kier alpha value is -17.0. The lowest BCUT2D eigenvalue weighted by Gasteiger charge is -2.26. The minimum Gasteiger partial charge on any atom is -0.423 e. The Balaban J connectivity index is 0.515. The summed E-state index contributed by atoms with van der Waals surface area (Å²) >= 11 is 0. The Morgan fingerprint density at radius 3 is 0.520 bits per heavy atom. The number of fused-ring (bicyclic) bond motifs is 6. The Labute approximate surface area is 735 Å². The van der Waals surface area contributed by atoms with Crippen molar-refractivity contribution in [2.24, 2.45) is 0 Å². The molecule has 0 atom stereocenters. The van der Waals surface area contributed by atoms with Crippen LogP contribution in [0.4, 0.5) is 51.2 Å². The van der Waals surface area contributed by atoms with Crippen LogP contribution < -0.4 is 28.9 Å². The molecule has 0 amide bonds. The highest BCUT2D eigenvalue weighted by Gasteiger charge is 2.24. The molecule has 0 aliphatic heterocycles. The molecule has 0 aliphatic carbocycles. The normalized spacial score (nSPS) is 11.3. The van der Waals surface area contributed by atoms with E-state index in [2.05, 4.69) is 342 Å². The van der Waals surface area contributed by atoms with Crippen LogP contribution >= 0.6 is 0 Å². The molecule has 0 spiro atoms. The second-order valence-electron chi connectivity index (χ2n) is 31.9. The van der Waals surface area contributed by atoms with Crippen LogP contribution in [0.5, 0.6) is 17.2 Å². The predicted octanol–water partition coefficient (Wildman–Crippen LogP) is 30.9. The lowest BCUT2D eigenvalue weighted by molar-refractivity contribution is 0.0725. The zero-order valence-corrected chi connectivity index (χ0v) is 68.9. The van der Waals surface area contributed by atoms with E-state index in [9.17, 15) is 14.4 Å². The van der Waals surface area contributed by atoms with Crippen LogP contribution in [0.15, 0.2) is 473 Å². The first-order chi connectivity index (χ1) is 62.6. The molecule has 21 aromatic rings. The van der Waals surface area contributed by atoms with Crippen LogP contribution in [0.25, 0.3) is 98.0 Å². The number of rotatable bonds is 21. The first-order valence-electron chi connectivity index (χ1n) is 42.5. The van der Waals surface area contributed by atoms with Crippen LogP contribution in [-0.2, 0) is 0 Å². The molecular weight excluding hydrogens is 1560 g/mol. The molecule has 0 N–H and O–H groups in total. The van der Waals surface area contributed by atoms with E-state index in [1.807, 2.05) is 72.8 Å². The molecule has 0 aliphatic rings. The lowest BCUT2D eigenvalue weighted by Crippen LogP contribution is -2.10. The summed E-state index contributed by atoms with van der Waals surface area (Å²) in [6.45, 7) is 0. The molecule has 9 nitrogen and oxygen atoms in total. The molecule has 602 valence electrons. The third-order valence-electron chi connectivity index (χ3n) is 24.0. The van der Waals surface area contributed by atoms with E-state index in [-0.39, 0.29) is 5.92 Å². The van der Waals surface area contributed by atoms with Crippen molar-refractivity contribution in [1.82, 2.24) is 0 Å². The van der Waals surface area contributed by atoms with Gasteiger partial charge in [0, 0.05) is 57.1 Å². The Morgan fingerprint density at radius 2 is 0.331 bits per heavy atom. The van der Waals surface area contributed by atoms with Gasteiger partial charge in [0.15, 0.2) is 0 Å². The van der Waals surface area contributed by atoms with Gasteiger partial charge in [0.2, 0.25) is 0 Å². The van der Waals surface area contributed by atoms with Crippen LogP contribution in [-0.4, -0.2) is 17.9 Å². The van der Waals surface area contributed by atoms with Crippen molar-refractivity contribution in [3.8, 4) is 50.6 Å². The van der Waals surface area contributed by atoms with Gasteiger partial charge in [0.05, 0.1) is 16.7 Å².